The Hall–Kier alpha value is -3.60. The molecule has 1 aliphatic heterocycles. The third kappa shape index (κ3) is 4.52. The molecule has 0 unspecified atom stereocenters. The third-order valence-corrected chi connectivity index (χ3v) is 4.14. The van der Waals surface area contributed by atoms with Gasteiger partial charge in [0.05, 0.1) is 30.0 Å². The lowest BCUT2D eigenvalue weighted by Gasteiger charge is -2.14. The average molecular weight is 367 g/mol. The highest BCUT2D eigenvalue weighted by Crippen LogP contribution is 2.21. The Kier molecular flexibility index (Phi) is 5.52. The van der Waals surface area contributed by atoms with E-state index >= 15 is 0 Å². The maximum absolute atomic E-state index is 12.2. The summed E-state index contributed by atoms with van der Waals surface area (Å²) in [6.07, 6.45) is 1.56. The van der Waals surface area contributed by atoms with Crippen molar-refractivity contribution in [3.05, 3.63) is 54.0 Å². The fourth-order valence-corrected chi connectivity index (χ4v) is 2.80. The number of carbonyl (C=O) groups excluding carboxylic acids is 3. The van der Waals surface area contributed by atoms with Crippen LogP contribution in [-0.2, 0) is 25.7 Å². The van der Waals surface area contributed by atoms with Gasteiger partial charge in [-0.05, 0) is 24.3 Å². The molecular weight excluding hydrogens is 350 g/mol. The molecule has 1 aromatic carbocycles. The predicted octanol–water partition coefficient (Wildman–Crippen LogP) is 1.68. The number of carbonyl (C=O) groups is 3. The number of benzene rings is 1. The highest BCUT2D eigenvalue weighted by molar-refractivity contribution is 5.94. The van der Waals surface area contributed by atoms with Crippen molar-refractivity contribution < 1.29 is 23.5 Å². The van der Waals surface area contributed by atoms with Crippen molar-refractivity contribution in [2.75, 3.05) is 18.5 Å². The van der Waals surface area contributed by atoms with Crippen LogP contribution in [0, 0.1) is 17.2 Å². The number of likely N-dealkylation sites (tertiary alicyclic amines) is 1. The van der Waals surface area contributed by atoms with Crippen molar-refractivity contribution >= 4 is 23.5 Å². The zero-order chi connectivity index (χ0) is 19.2. The van der Waals surface area contributed by atoms with Crippen LogP contribution in [0.3, 0.4) is 0 Å². The third-order valence-electron chi connectivity index (χ3n) is 4.14. The number of nitrogens with one attached hydrogen (secondary N) is 1. The van der Waals surface area contributed by atoms with Crippen LogP contribution in [0.2, 0.25) is 0 Å². The summed E-state index contributed by atoms with van der Waals surface area (Å²) in [5, 5.41) is 11.5. The summed E-state index contributed by atoms with van der Waals surface area (Å²) in [7, 11) is 0. The van der Waals surface area contributed by atoms with Crippen LogP contribution in [0.1, 0.15) is 17.7 Å². The van der Waals surface area contributed by atoms with Gasteiger partial charge in [-0.15, -0.1) is 0 Å². The van der Waals surface area contributed by atoms with Crippen molar-refractivity contribution in [2.45, 2.75) is 13.0 Å². The van der Waals surface area contributed by atoms with Gasteiger partial charge in [-0.25, -0.2) is 0 Å². The second kappa shape index (κ2) is 8.19. The maximum Gasteiger partial charge on any atom is 0.311 e. The van der Waals surface area contributed by atoms with E-state index in [4.69, 9.17) is 14.4 Å². The molecule has 1 atom stereocenters. The van der Waals surface area contributed by atoms with Crippen molar-refractivity contribution in [2.24, 2.45) is 5.92 Å². The molecule has 1 aromatic heterocycles. The minimum Gasteiger partial charge on any atom is -0.467 e. The summed E-state index contributed by atoms with van der Waals surface area (Å²) in [5.41, 5.74) is 0.661. The first kappa shape index (κ1) is 18.2. The zero-order valence-electron chi connectivity index (χ0n) is 14.4. The van der Waals surface area contributed by atoms with Gasteiger partial charge in [0, 0.05) is 13.0 Å². The molecule has 0 radical (unpaired) electrons. The minimum absolute atomic E-state index is 0.0401. The van der Waals surface area contributed by atoms with Gasteiger partial charge in [0.15, 0.2) is 6.61 Å². The van der Waals surface area contributed by atoms with Gasteiger partial charge in [-0.2, -0.15) is 5.26 Å². The molecule has 2 aromatic rings. The number of para-hydroxylation sites is 1. The number of nitrogens with zero attached hydrogens (tertiary/aromatic N) is 2. The Morgan fingerprint density at radius 3 is 2.85 bits per heavy atom. The molecule has 1 N–H and O–H groups in total. The van der Waals surface area contributed by atoms with Gasteiger partial charge >= 0.3 is 5.97 Å². The smallest absolute Gasteiger partial charge is 0.311 e. The van der Waals surface area contributed by atoms with E-state index in [2.05, 4.69) is 5.32 Å². The molecular formula is C19H17N3O5. The molecule has 2 amide bonds. The normalized spacial score (nSPS) is 16.0. The molecule has 0 spiro atoms. The van der Waals surface area contributed by atoms with Gasteiger partial charge < -0.3 is 19.4 Å². The number of ether oxygens (including phenoxy) is 1. The van der Waals surface area contributed by atoms with Crippen molar-refractivity contribution in [3.8, 4) is 6.07 Å². The first-order valence-corrected chi connectivity index (χ1v) is 8.32. The highest BCUT2D eigenvalue weighted by Gasteiger charge is 2.35. The van der Waals surface area contributed by atoms with Crippen LogP contribution in [0.4, 0.5) is 5.69 Å². The monoisotopic (exact) mass is 367 g/mol. The summed E-state index contributed by atoms with van der Waals surface area (Å²) < 4.78 is 10.2. The van der Waals surface area contributed by atoms with Crippen molar-refractivity contribution in [1.82, 2.24) is 4.90 Å². The Bertz CT molecular complexity index is 885. The number of amides is 2. The van der Waals surface area contributed by atoms with Crippen LogP contribution < -0.4 is 5.32 Å². The molecule has 2 heterocycles. The molecule has 8 heteroatoms. The number of hydrogen-bond acceptors (Lipinski definition) is 6. The molecule has 3 rings (SSSR count). The predicted molar refractivity (Wildman–Crippen MR) is 93.0 cm³/mol. The average Bonchev–Trinajstić information content (AvgIpc) is 3.31. The fraction of sp³-hybridized carbons (Fsp3) is 0.263. The van der Waals surface area contributed by atoms with Crippen LogP contribution in [0.15, 0.2) is 47.1 Å². The van der Waals surface area contributed by atoms with Gasteiger partial charge in [0.1, 0.15) is 11.8 Å². The quantitative estimate of drug-likeness (QED) is 0.777. The SMILES string of the molecule is N#Cc1ccccc1NC(=O)COC(=O)[C@@H]1CC(=O)N(Cc2ccco2)C1. The molecule has 1 aliphatic rings. The Labute approximate surface area is 155 Å². The van der Waals surface area contributed by atoms with E-state index in [1.807, 2.05) is 6.07 Å². The van der Waals surface area contributed by atoms with Crippen LogP contribution in [-0.4, -0.2) is 35.8 Å². The minimum atomic E-state index is -0.619. The van der Waals surface area contributed by atoms with E-state index in [9.17, 15) is 14.4 Å². The second-order valence-corrected chi connectivity index (χ2v) is 6.07. The highest BCUT2D eigenvalue weighted by atomic mass is 16.5. The molecule has 8 nitrogen and oxygen atoms in total. The largest absolute Gasteiger partial charge is 0.467 e. The molecule has 1 fully saturated rings. The molecule has 27 heavy (non-hydrogen) atoms. The molecule has 1 saturated heterocycles. The molecule has 138 valence electrons. The van der Waals surface area contributed by atoms with Gasteiger partial charge in [-0.1, -0.05) is 12.1 Å². The van der Waals surface area contributed by atoms with E-state index in [1.165, 1.54) is 11.2 Å². The van der Waals surface area contributed by atoms with E-state index in [0.29, 0.717) is 23.6 Å². The van der Waals surface area contributed by atoms with Crippen molar-refractivity contribution in [3.63, 3.8) is 0 Å². The zero-order valence-corrected chi connectivity index (χ0v) is 14.4. The summed E-state index contributed by atoms with van der Waals surface area (Å²) in [5.74, 6) is -1.31. The first-order chi connectivity index (χ1) is 13.1. The van der Waals surface area contributed by atoms with Gasteiger partial charge in [0.2, 0.25) is 5.91 Å². The fourth-order valence-electron chi connectivity index (χ4n) is 2.80. The van der Waals surface area contributed by atoms with Crippen LogP contribution in [0.5, 0.6) is 0 Å². The first-order valence-electron chi connectivity index (χ1n) is 8.32. The second-order valence-electron chi connectivity index (χ2n) is 6.07. The molecule has 0 aliphatic carbocycles. The lowest BCUT2D eigenvalue weighted by molar-refractivity contribution is -0.151. The van der Waals surface area contributed by atoms with E-state index in [0.717, 1.165) is 0 Å². The lowest BCUT2D eigenvalue weighted by Crippen LogP contribution is -2.28. The lowest BCUT2D eigenvalue weighted by atomic mass is 10.1. The summed E-state index contributed by atoms with van der Waals surface area (Å²) in [6, 6.07) is 12.0. The van der Waals surface area contributed by atoms with Gasteiger partial charge in [-0.3, -0.25) is 14.4 Å². The number of anilines is 1. The van der Waals surface area contributed by atoms with E-state index < -0.39 is 24.4 Å². The van der Waals surface area contributed by atoms with Crippen molar-refractivity contribution in [1.29, 1.82) is 5.26 Å². The summed E-state index contributed by atoms with van der Waals surface area (Å²) in [4.78, 5) is 37.7. The standard InChI is InChI=1S/C19H17N3O5/c20-9-13-4-1-2-6-16(13)21-17(23)12-27-19(25)14-8-18(24)22(10-14)11-15-5-3-7-26-15/h1-7,14H,8,10-12H2,(H,21,23)/t14-/m1/s1. The summed E-state index contributed by atoms with van der Waals surface area (Å²) in [6.45, 7) is 0.0275. The number of furan rings is 1. The maximum atomic E-state index is 12.2. The van der Waals surface area contributed by atoms with E-state index in [1.54, 1.807) is 36.4 Å². The topological polar surface area (TPSA) is 113 Å². The number of esters is 1. The van der Waals surface area contributed by atoms with E-state index in [-0.39, 0.29) is 18.9 Å². The Morgan fingerprint density at radius 1 is 1.30 bits per heavy atom. The van der Waals surface area contributed by atoms with Gasteiger partial charge in [0.25, 0.3) is 5.91 Å². The number of nitriles is 1. The number of hydrogen-bond donors (Lipinski definition) is 1. The Morgan fingerprint density at radius 2 is 2.11 bits per heavy atom. The number of rotatable bonds is 6. The molecule has 0 bridgehead atoms. The van der Waals surface area contributed by atoms with Crippen LogP contribution >= 0.6 is 0 Å². The molecule has 0 saturated carbocycles. The summed E-state index contributed by atoms with van der Waals surface area (Å²) >= 11 is 0. The van der Waals surface area contributed by atoms with Crippen LogP contribution in [0.25, 0.3) is 0 Å². The Balaban J connectivity index is 1.48.